The number of nitrogens with zero attached hydrogens (tertiary/aromatic N) is 2. The summed E-state index contributed by atoms with van der Waals surface area (Å²) in [5.74, 6) is 0. The van der Waals surface area contributed by atoms with Crippen molar-refractivity contribution in [3.05, 3.63) is 0 Å². The molecule has 0 aromatic carbocycles. The molecule has 0 bridgehead atoms. The minimum atomic E-state index is -3.40. The Bertz CT molecular complexity index is 419. The molecule has 0 amide bonds. The molecule has 0 spiro atoms. The average Bonchev–Trinajstić information content (AvgIpc) is 2.68. The summed E-state index contributed by atoms with van der Waals surface area (Å²) < 4.78 is 33.6. The highest BCUT2D eigenvalue weighted by Crippen LogP contribution is 2.18. The van der Waals surface area contributed by atoms with Crippen molar-refractivity contribution in [1.82, 2.24) is 8.61 Å². The monoisotopic (exact) mass is 307 g/mol. The molecule has 2 aliphatic rings. The van der Waals surface area contributed by atoms with Crippen molar-refractivity contribution in [3.8, 4) is 0 Å². The van der Waals surface area contributed by atoms with Crippen LogP contribution in [0.15, 0.2) is 0 Å². The highest BCUT2D eigenvalue weighted by atomic mass is 32.2. The molecule has 110 valence electrons. The van der Waals surface area contributed by atoms with E-state index in [4.69, 9.17) is 22.7 Å². The number of hydrogen-bond donors (Lipinski definition) is 1. The average molecular weight is 307 g/mol. The SMILES string of the molecule is NC(=S)C1CN(S(=O)(=O)N2CCCCCC2)CCO1. The van der Waals surface area contributed by atoms with E-state index in [2.05, 4.69) is 0 Å². The molecule has 0 aromatic rings. The number of rotatable bonds is 3. The molecule has 1 atom stereocenters. The predicted molar refractivity (Wildman–Crippen MR) is 77.1 cm³/mol. The Balaban J connectivity index is 2.07. The molecule has 0 aliphatic carbocycles. The van der Waals surface area contributed by atoms with Gasteiger partial charge in [-0.15, -0.1) is 0 Å². The molecule has 0 aromatic heterocycles. The van der Waals surface area contributed by atoms with Gasteiger partial charge in [-0.1, -0.05) is 25.1 Å². The Labute approximate surface area is 120 Å². The van der Waals surface area contributed by atoms with Gasteiger partial charge in [-0.2, -0.15) is 17.0 Å². The van der Waals surface area contributed by atoms with Crippen LogP contribution in [0.25, 0.3) is 0 Å². The normalized spacial score (nSPS) is 27.9. The maximum Gasteiger partial charge on any atom is 0.282 e. The molecule has 2 N–H and O–H groups in total. The van der Waals surface area contributed by atoms with Crippen molar-refractivity contribution in [1.29, 1.82) is 0 Å². The third-order valence-corrected chi connectivity index (χ3v) is 5.83. The zero-order chi connectivity index (χ0) is 13.9. The summed E-state index contributed by atoms with van der Waals surface area (Å²) in [5, 5.41) is 0. The van der Waals surface area contributed by atoms with Crippen molar-refractivity contribution in [2.24, 2.45) is 5.73 Å². The second-order valence-electron chi connectivity index (χ2n) is 4.94. The molecule has 6 nitrogen and oxygen atoms in total. The summed E-state index contributed by atoms with van der Waals surface area (Å²) in [5.41, 5.74) is 5.55. The Morgan fingerprint density at radius 2 is 1.74 bits per heavy atom. The topological polar surface area (TPSA) is 75.9 Å². The molecular formula is C11H21N3O3S2. The highest BCUT2D eigenvalue weighted by molar-refractivity contribution is 7.86. The van der Waals surface area contributed by atoms with E-state index in [0.29, 0.717) is 26.2 Å². The van der Waals surface area contributed by atoms with Crippen LogP contribution in [0.1, 0.15) is 25.7 Å². The lowest BCUT2D eigenvalue weighted by atomic mass is 10.2. The molecule has 2 heterocycles. The molecule has 2 rings (SSSR count). The standard InChI is InChI=1S/C11H21N3O3S2/c12-11(18)10-9-14(7-8-17-10)19(15,16)13-5-3-1-2-4-6-13/h10H,1-9H2,(H2,12,18). The molecule has 2 aliphatic heterocycles. The number of morpholine rings is 1. The van der Waals surface area contributed by atoms with Crippen LogP contribution in [0.2, 0.25) is 0 Å². The molecule has 2 fully saturated rings. The van der Waals surface area contributed by atoms with Crippen LogP contribution >= 0.6 is 12.2 Å². The second kappa shape index (κ2) is 6.45. The van der Waals surface area contributed by atoms with Gasteiger partial charge in [0.15, 0.2) is 0 Å². The van der Waals surface area contributed by atoms with Crippen molar-refractivity contribution in [3.63, 3.8) is 0 Å². The summed E-state index contributed by atoms with van der Waals surface area (Å²) in [7, 11) is -3.40. The zero-order valence-electron chi connectivity index (χ0n) is 11.0. The quantitative estimate of drug-likeness (QED) is 0.748. The Hall–Kier alpha value is -0.280. The molecule has 1 unspecified atom stereocenters. The third-order valence-electron chi connectivity index (χ3n) is 3.56. The zero-order valence-corrected chi connectivity index (χ0v) is 12.6. The minimum Gasteiger partial charge on any atom is -0.391 e. The lowest BCUT2D eigenvalue weighted by Gasteiger charge is -2.34. The van der Waals surface area contributed by atoms with Crippen LogP contribution in [0.4, 0.5) is 0 Å². The second-order valence-corrected chi connectivity index (χ2v) is 7.34. The van der Waals surface area contributed by atoms with Gasteiger partial charge in [-0.3, -0.25) is 0 Å². The van der Waals surface area contributed by atoms with E-state index in [9.17, 15) is 8.42 Å². The highest BCUT2D eigenvalue weighted by Gasteiger charge is 2.34. The summed E-state index contributed by atoms with van der Waals surface area (Å²) in [6.07, 6.45) is 3.60. The van der Waals surface area contributed by atoms with Gasteiger partial charge in [0, 0.05) is 26.2 Å². The van der Waals surface area contributed by atoms with E-state index >= 15 is 0 Å². The van der Waals surface area contributed by atoms with E-state index in [1.807, 2.05) is 0 Å². The first-order chi connectivity index (χ1) is 9.01. The summed E-state index contributed by atoms with van der Waals surface area (Å²) in [4.78, 5) is 0.218. The van der Waals surface area contributed by atoms with Gasteiger partial charge < -0.3 is 10.5 Å². The van der Waals surface area contributed by atoms with Gasteiger partial charge >= 0.3 is 0 Å². The first-order valence-electron chi connectivity index (χ1n) is 6.68. The molecular weight excluding hydrogens is 286 g/mol. The van der Waals surface area contributed by atoms with Crippen molar-refractivity contribution >= 4 is 27.4 Å². The fraction of sp³-hybridized carbons (Fsp3) is 0.909. The Kier molecular flexibility index (Phi) is 5.13. The molecule has 2 saturated heterocycles. The fourth-order valence-corrected chi connectivity index (χ4v) is 4.26. The first-order valence-corrected chi connectivity index (χ1v) is 8.48. The first kappa shape index (κ1) is 15.1. The smallest absolute Gasteiger partial charge is 0.282 e. The minimum absolute atomic E-state index is 0.218. The van der Waals surface area contributed by atoms with E-state index in [1.165, 1.54) is 4.31 Å². The van der Waals surface area contributed by atoms with Gasteiger partial charge in [-0.05, 0) is 12.8 Å². The van der Waals surface area contributed by atoms with Gasteiger partial charge in [0.25, 0.3) is 10.2 Å². The molecule has 19 heavy (non-hydrogen) atoms. The largest absolute Gasteiger partial charge is 0.391 e. The Morgan fingerprint density at radius 1 is 1.11 bits per heavy atom. The van der Waals surface area contributed by atoms with E-state index in [0.717, 1.165) is 25.7 Å². The summed E-state index contributed by atoms with van der Waals surface area (Å²) >= 11 is 4.89. The van der Waals surface area contributed by atoms with Gasteiger partial charge in [0.1, 0.15) is 11.1 Å². The number of ether oxygens (including phenoxy) is 1. The molecule has 0 saturated carbocycles. The Morgan fingerprint density at radius 3 is 2.32 bits per heavy atom. The van der Waals surface area contributed by atoms with Gasteiger partial charge in [0.05, 0.1) is 6.61 Å². The van der Waals surface area contributed by atoms with Gasteiger partial charge in [0.2, 0.25) is 0 Å². The summed E-state index contributed by atoms with van der Waals surface area (Å²) in [6.45, 7) is 2.16. The van der Waals surface area contributed by atoms with Crippen LogP contribution < -0.4 is 5.73 Å². The fourth-order valence-electron chi connectivity index (χ4n) is 2.44. The lowest BCUT2D eigenvalue weighted by Crippen LogP contribution is -2.54. The van der Waals surface area contributed by atoms with Crippen LogP contribution in [0, 0.1) is 0 Å². The number of nitrogens with two attached hydrogens (primary N) is 1. The van der Waals surface area contributed by atoms with Crippen LogP contribution in [-0.2, 0) is 14.9 Å². The van der Waals surface area contributed by atoms with Crippen molar-refractivity contribution in [2.45, 2.75) is 31.8 Å². The van der Waals surface area contributed by atoms with E-state index in [-0.39, 0.29) is 11.5 Å². The van der Waals surface area contributed by atoms with E-state index < -0.39 is 16.3 Å². The van der Waals surface area contributed by atoms with Gasteiger partial charge in [-0.25, -0.2) is 0 Å². The predicted octanol–water partition coefficient (Wildman–Crippen LogP) is 0.0941. The van der Waals surface area contributed by atoms with Crippen LogP contribution in [0.5, 0.6) is 0 Å². The van der Waals surface area contributed by atoms with Crippen molar-refractivity contribution < 1.29 is 13.2 Å². The third kappa shape index (κ3) is 3.63. The summed E-state index contributed by atoms with van der Waals surface area (Å²) in [6, 6.07) is 0. The van der Waals surface area contributed by atoms with Crippen LogP contribution in [0.3, 0.4) is 0 Å². The lowest BCUT2D eigenvalue weighted by molar-refractivity contribution is 0.0364. The maximum atomic E-state index is 12.6. The molecule has 0 radical (unpaired) electrons. The number of thiocarbonyl (C=S) groups is 1. The van der Waals surface area contributed by atoms with E-state index in [1.54, 1.807) is 4.31 Å². The number of hydrogen-bond acceptors (Lipinski definition) is 4. The van der Waals surface area contributed by atoms with Crippen molar-refractivity contribution in [2.75, 3.05) is 32.8 Å². The maximum absolute atomic E-state index is 12.6. The van der Waals surface area contributed by atoms with Crippen LogP contribution in [-0.4, -0.2) is 60.9 Å². The molecule has 8 heteroatoms.